The number of rotatable bonds is 7. The van der Waals surface area contributed by atoms with Crippen molar-refractivity contribution in [2.75, 3.05) is 13.7 Å². The van der Waals surface area contributed by atoms with Gasteiger partial charge in [0, 0.05) is 30.9 Å². The second-order valence-corrected chi connectivity index (χ2v) is 4.98. The number of methoxy groups -OCH3 is 1. The summed E-state index contributed by atoms with van der Waals surface area (Å²) in [5, 5.41) is 3.37. The molecule has 0 saturated carbocycles. The summed E-state index contributed by atoms with van der Waals surface area (Å²) in [5.41, 5.74) is 3.11. The van der Waals surface area contributed by atoms with Crippen molar-refractivity contribution >= 4 is 0 Å². The molecular formula is C16H22N4O. The fourth-order valence-corrected chi connectivity index (χ4v) is 2.08. The van der Waals surface area contributed by atoms with Gasteiger partial charge in [-0.15, -0.1) is 0 Å². The molecule has 0 atom stereocenters. The lowest BCUT2D eigenvalue weighted by atomic mass is 10.2. The van der Waals surface area contributed by atoms with Gasteiger partial charge in [0.2, 0.25) is 5.88 Å². The molecule has 2 rings (SSSR count). The van der Waals surface area contributed by atoms with Crippen molar-refractivity contribution in [2.24, 2.45) is 0 Å². The Hall–Kier alpha value is -2.01. The van der Waals surface area contributed by atoms with Crippen LogP contribution < -0.4 is 10.1 Å². The lowest BCUT2D eigenvalue weighted by Crippen LogP contribution is -2.16. The zero-order valence-corrected chi connectivity index (χ0v) is 12.9. The van der Waals surface area contributed by atoms with E-state index >= 15 is 0 Å². The van der Waals surface area contributed by atoms with Crippen LogP contribution in [-0.4, -0.2) is 28.6 Å². The van der Waals surface area contributed by atoms with Crippen LogP contribution in [0, 0.1) is 6.92 Å². The average Bonchev–Trinajstić information content (AvgIpc) is 2.48. The van der Waals surface area contributed by atoms with Gasteiger partial charge in [0.05, 0.1) is 12.8 Å². The molecule has 0 fully saturated rings. The number of aryl methyl sites for hydroxylation is 1. The van der Waals surface area contributed by atoms with Crippen LogP contribution in [0.1, 0.15) is 36.1 Å². The molecule has 0 saturated heterocycles. The predicted molar refractivity (Wildman–Crippen MR) is 82.4 cm³/mol. The molecule has 5 heteroatoms. The molecule has 0 spiro atoms. The second-order valence-electron chi connectivity index (χ2n) is 4.98. The Bertz CT molecular complexity index is 569. The highest BCUT2D eigenvalue weighted by atomic mass is 16.5. The lowest BCUT2D eigenvalue weighted by Gasteiger charge is -2.07. The molecule has 0 aliphatic rings. The first-order chi connectivity index (χ1) is 10.2. The largest absolute Gasteiger partial charge is 0.481 e. The molecule has 0 aliphatic heterocycles. The minimum atomic E-state index is 0.619. The Kier molecular flexibility index (Phi) is 5.63. The van der Waals surface area contributed by atoms with Crippen LogP contribution in [0.4, 0.5) is 0 Å². The minimum absolute atomic E-state index is 0.619. The minimum Gasteiger partial charge on any atom is -0.481 e. The van der Waals surface area contributed by atoms with Crippen molar-refractivity contribution in [3.63, 3.8) is 0 Å². The molecule has 0 amide bonds. The van der Waals surface area contributed by atoms with Crippen molar-refractivity contribution in [2.45, 2.75) is 33.2 Å². The quantitative estimate of drug-likeness (QED) is 0.791. The van der Waals surface area contributed by atoms with Gasteiger partial charge in [0.15, 0.2) is 0 Å². The summed E-state index contributed by atoms with van der Waals surface area (Å²) >= 11 is 0. The van der Waals surface area contributed by atoms with E-state index in [1.54, 1.807) is 13.3 Å². The Morgan fingerprint density at radius 1 is 1.24 bits per heavy atom. The van der Waals surface area contributed by atoms with Gasteiger partial charge in [-0.25, -0.2) is 15.0 Å². The molecule has 112 valence electrons. The van der Waals surface area contributed by atoms with Gasteiger partial charge < -0.3 is 10.1 Å². The second kappa shape index (κ2) is 7.69. The average molecular weight is 286 g/mol. The van der Waals surface area contributed by atoms with Gasteiger partial charge >= 0.3 is 0 Å². The van der Waals surface area contributed by atoms with Crippen molar-refractivity contribution in [3.05, 3.63) is 47.2 Å². The molecule has 0 radical (unpaired) electrons. The molecule has 0 unspecified atom stereocenters. The van der Waals surface area contributed by atoms with E-state index in [1.165, 1.54) is 0 Å². The summed E-state index contributed by atoms with van der Waals surface area (Å²) in [4.78, 5) is 13.3. The number of pyridine rings is 1. The van der Waals surface area contributed by atoms with E-state index in [1.807, 2.05) is 25.1 Å². The highest BCUT2D eigenvalue weighted by Gasteiger charge is 2.04. The Labute approximate surface area is 125 Å². The smallest absolute Gasteiger partial charge is 0.212 e. The van der Waals surface area contributed by atoms with E-state index in [-0.39, 0.29) is 0 Å². The number of ether oxygens (including phenoxy) is 1. The Morgan fingerprint density at radius 3 is 2.76 bits per heavy atom. The van der Waals surface area contributed by atoms with Gasteiger partial charge in [0.1, 0.15) is 5.82 Å². The van der Waals surface area contributed by atoms with Crippen LogP contribution in [0.2, 0.25) is 0 Å². The molecule has 21 heavy (non-hydrogen) atoms. The Balaban J connectivity index is 2.07. The maximum Gasteiger partial charge on any atom is 0.212 e. The monoisotopic (exact) mass is 286 g/mol. The van der Waals surface area contributed by atoms with Crippen molar-refractivity contribution in [1.82, 2.24) is 20.3 Å². The fraction of sp³-hybridized carbons (Fsp3) is 0.438. The lowest BCUT2D eigenvalue weighted by molar-refractivity contribution is 0.397. The van der Waals surface area contributed by atoms with Crippen molar-refractivity contribution < 1.29 is 4.74 Å². The summed E-state index contributed by atoms with van der Waals surface area (Å²) in [6.45, 7) is 5.94. The first-order valence-corrected chi connectivity index (χ1v) is 7.24. The van der Waals surface area contributed by atoms with Crippen LogP contribution in [0.25, 0.3) is 0 Å². The number of hydrogen-bond donors (Lipinski definition) is 1. The molecule has 0 aliphatic carbocycles. The summed E-state index contributed by atoms with van der Waals surface area (Å²) in [5.74, 6) is 1.45. The fourth-order valence-electron chi connectivity index (χ4n) is 2.08. The van der Waals surface area contributed by atoms with Gasteiger partial charge in [-0.2, -0.15) is 0 Å². The number of nitrogens with zero attached hydrogens (tertiary/aromatic N) is 3. The molecule has 2 heterocycles. The van der Waals surface area contributed by atoms with Crippen LogP contribution >= 0.6 is 0 Å². The van der Waals surface area contributed by atoms with E-state index < -0.39 is 0 Å². The zero-order valence-electron chi connectivity index (χ0n) is 12.9. The van der Waals surface area contributed by atoms with Crippen molar-refractivity contribution in [1.29, 1.82) is 0 Å². The van der Waals surface area contributed by atoms with Gasteiger partial charge in [0.25, 0.3) is 0 Å². The highest BCUT2D eigenvalue weighted by molar-refractivity contribution is 5.22. The molecule has 2 aromatic rings. The highest BCUT2D eigenvalue weighted by Crippen LogP contribution is 2.10. The van der Waals surface area contributed by atoms with Crippen LogP contribution in [-0.2, 0) is 13.0 Å². The van der Waals surface area contributed by atoms with Crippen molar-refractivity contribution in [3.8, 4) is 5.88 Å². The normalized spacial score (nSPS) is 10.6. The van der Waals surface area contributed by atoms with Crippen LogP contribution in [0.5, 0.6) is 5.88 Å². The predicted octanol–water partition coefficient (Wildman–Crippen LogP) is 2.28. The van der Waals surface area contributed by atoms with E-state index in [2.05, 4.69) is 27.2 Å². The van der Waals surface area contributed by atoms with Gasteiger partial charge in [-0.05, 0) is 31.5 Å². The Morgan fingerprint density at radius 2 is 2.10 bits per heavy atom. The third-order valence-corrected chi connectivity index (χ3v) is 3.06. The summed E-state index contributed by atoms with van der Waals surface area (Å²) < 4.78 is 5.06. The van der Waals surface area contributed by atoms with Gasteiger partial charge in [-0.3, -0.25) is 0 Å². The SMILES string of the molecule is CCCNCc1cc(C)nc(Cc2ccc(OC)nc2)n1. The first-order valence-electron chi connectivity index (χ1n) is 7.24. The standard InChI is InChI=1S/C16H22N4O/c1-4-7-17-11-14-8-12(2)19-15(20-14)9-13-5-6-16(21-3)18-10-13/h5-6,8,10,17H,4,7,9,11H2,1-3H3. The van der Waals surface area contributed by atoms with E-state index in [9.17, 15) is 0 Å². The van der Waals surface area contributed by atoms with E-state index in [0.29, 0.717) is 12.3 Å². The zero-order chi connectivity index (χ0) is 15.1. The maximum atomic E-state index is 5.06. The number of hydrogen-bond acceptors (Lipinski definition) is 5. The summed E-state index contributed by atoms with van der Waals surface area (Å²) in [6, 6.07) is 5.87. The molecular weight excluding hydrogens is 264 g/mol. The van der Waals surface area contributed by atoms with Crippen LogP contribution in [0.15, 0.2) is 24.4 Å². The third-order valence-electron chi connectivity index (χ3n) is 3.06. The molecule has 2 aromatic heterocycles. The van der Waals surface area contributed by atoms with E-state index in [4.69, 9.17) is 4.74 Å². The van der Waals surface area contributed by atoms with Gasteiger partial charge in [-0.1, -0.05) is 13.0 Å². The topological polar surface area (TPSA) is 59.9 Å². The summed E-state index contributed by atoms with van der Waals surface area (Å²) in [6.07, 6.45) is 3.60. The molecule has 0 aromatic carbocycles. The molecule has 5 nitrogen and oxygen atoms in total. The molecule has 1 N–H and O–H groups in total. The molecule has 0 bridgehead atoms. The van der Waals surface area contributed by atoms with E-state index in [0.717, 1.165) is 42.3 Å². The summed E-state index contributed by atoms with van der Waals surface area (Å²) in [7, 11) is 1.61. The number of aromatic nitrogens is 3. The number of nitrogens with one attached hydrogen (secondary N) is 1. The third kappa shape index (κ3) is 4.79. The van der Waals surface area contributed by atoms with Crippen LogP contribution in [0.3, 0.4) is 0 Å². The first kappa shape index (κ1) is 15.4. The maximum absolute atomic E-state index is 5.06.